The summed E-state index contributed by atoms with van der Waals surface area (Å²) in [7, 11) is 0. The van der Waals surface area contributed by atoms with Crippen molar-refractivity contribution in [2.45, 2.75) is 6.61 Å². The first-order valence-corrected chi connectivity index (χ1v) is 8.64. The minimum Gasteiger partial charge on any atom is -0.492 e. The highest BCUT2D eigenvalue weighted by Gasteiger charge is 2.04. The third kappa shape index (κ3) is 5.85. The van der Waals surface area contributed by atoms with E-state index in [2.05, 4.69) is 5.32 Å². The molecular weight excluding hydrogens is 345 g/mol. The Bertz CT molecular complexity index is 849. The first-order chi connectivity index (χ1) is 13.2. The van der Waals surface area contributed by atoms with E-state index in [1.54, 1.807) is 0 Å². The number of rotatable bonds is 8. The average Bonchev–Trinajstić information content (AvgIpc) is 2.71. The van der Waals surface area contributed by atoms with Crippen LogP contribution in [0, 0.1) is 5.82 Å². The zero-order valence-corrected chi connectivity index (χ0v) is 14.7. The molecule has 0 aromatic heterocycles. The first kappa shape index (κ1) is 18.5. The zero-order valence-electron chi connectivity index (χ0n) is 14.7. The minimum absolute atomic E-state index is 0.261. The van der Waals surface area contributed by atoms with Crippen molar-refractivity contribution in [3.05, 3.63) is 95.8 Å². The Kier molecular flexibility index (Phi) is 6.41. The fourth-order valence-electron chi connectivity index (χ4n) is 2.41. The lowest BCUT2D eigenvalue weighted by atomic mass is 10.2. The Morgan fingerprint density at radius 3 is 2.11 bits per heavy atom. The SMILES string of the molecule is O=C(NCCOc1ccc(OCc2ccccc2)cc1)c1ccc(F)cc1. The molecule has 4 nitrogen and oxygen atoms in total. The maximum Gasteiger partial charge on any atom is 0.251 e. The van der Waals surface area contributed by atoms with Crippen molar-refractivity contribution in [2.24, 2.45) is 0 Å². The summed E-state index contributed by atoms with van der Waals surface area (Å²) in [6, 6.07) is 22.7. The molecule has 138 valence electrons. The van der Waals surface area contributed by atoms with Gasteiger partial charge in [0.1, 0.15) is 30.5 Å². The van der Waals surface area contributed by atoms with E-state index in [4.69, 9.17) is 9.47 Å². The highest BCUT2D eigenvalue weighted by molar-refractivity contribution is 5.94. The molecule has 0 aliphatic heterocycles. The molecule has 3 aromatic rings. The quantitative estimate of drug-likeness (QED) is 0.608. The summed E-state index contributed by atoms with van der Waals surface area (Å²) in [4.78, 5) is 11.9. The molecule has 3 rings (SSSR count). The van der Waals surface area contributed by atoms with Gasteiger partial charge in [0, 0.05) is 5.56 Å². The van der Waals surface area contributed by atoms with Crippen LogP contribution in [0.25, 0.3) is 0 Å². The topological polar surface area (TPSA) is 47.6 Å². The molecule has 3 aromatic carbocycles. The van der Waals surface area contributed by atoms with Crippen molar-refractivity contribution in [1.82, 2.24) is 5.32 Å². The molecule has 27 heavy (non-hydrogen) atoms. The second-order valence-electron chi connectivity index (χ2n) is 5.86. The summed E-state index contributed by atoms with van der Waals surface area (Å²) < 4.78 is 24.2. The number of ether oxygens (including phenoxy) is 2. The Hall–Kier alpha value is -3.34. The minimum atomic E-state index is -0.369. The van der Waals surface area contributed by atoms with Gasteiger partial charge in [-0.3, -0.25) is 4.79 Å². The van der Waals surface area contributed by atoms with Crippen molar-refractivity contribution >= 4 is 5.91 Å². The van der Waals surface area contributed by atoms with Crippen LogP contribution in [0.3, 0.4) is 0 Å². The van der Waals surface area contributed by atoms with E-state index < -0.39 is 0 Å². The molecule has 0 saturated heterocycles. The number of benzene rings is 3. The second kappa shape index (κ2) is 9.38. The third-order valence-electron chi connectivity index (χ3n) is 3.83. The van der Waals surface area contributed by atoms with Crippen LogP contribution < -0.4 is 14.8 Å². The number of hydrogen-bond acceptors (Lipinski definition) is 3. The van der Waals surface area contributed by atoms with Crippen LogP contribution in [0.5, 0.6) is 11.5 Å². The molecule has 0 heterocycles. The molecule has 0 bridgehead atoms. The molecule has 1 N–H and O–H groups in total. The number of carbonyl (C=O) groups is 1. The predicted octanol–water partition coefficient (Wildman–Crippen LogP) is 4.21. The lowest BCUT2D eigenvalue weighted by Crippen LogP contribution is -2.28. The summed E-state index contributed by atoms with van der Waals surface area (Å²) in [6.45, 7) is 1.19. The summed E-state index contributed by atoms with van der Waals surface area (Å²) in [5.41, 5.74) is 1.52. The monoisotopic (exact) mass is 365 g/mol. The van der Waals surface area contributed by atoms with Gasteiger partial charge in [0.05, 0.1) is 6.54 Å². The summed E-state index contributed by atoms with van der Waals surface area (Å²) in [6.07, 6.45) is 0. The Labute approximate surface area is 157 Å². The molecule has 0 saturated carbocycles. The van der Waals surface area contributed by atoms with E-state index in [1.165, 1.54) is 24.3 Å². The van der Waals surface area contributed by atoms with Gasteiger partial charge in [-0.15, -0.1) is 0 Å². The van der Waals surface area contributed by atoms with E-state index in [-0.39, 0.29) is 11.7 Å². The molecule has 0 fully saturated rings. The normalized spacial score (nSPS) is 10.3. The van der Waals surface area contributed by atoms with E-state index in [0.717, 1.165) is 11.3 Å². The van der Waals surface area contributed by atoms with Crippen molar-refractivity contribution in [2.75, 3.05) is 13.2 Å². The van der Waals surface area contributed by atoms with E-state index in [1.807, 2.05) is 54.6 Å². The molecule has 0 atom stereocenters. The first-order valence-electron chi connectivity index (χ1n) is 8.64. The lowest BCUT2D eigenvalue weighted by molar-refractivity contribution is 0.0947. The third-order valence-corrected chi connectivity index (χ3v) is 3.83. The van der Waals surface area contributed by atoms with Crippen LogP contribution >= 0.6 is 0 Å². The maximum atomic E-state index is 12.8. The molecule has 0 unspecified atom stereocenters. The van der Waals surface area contributed by atoms with E-state index in [0.29, 0.717) is 31.1 Å². The van der Waals surface area contributed by atoms with Gasteiger partial charge in [-0.1, -0.05) is 30.3 Å². The van der Waals surface area contributed by atoms with Crippen LogP contribution in [0.4, 0.5) is 4.39 Å². The zero-order chi connectivity index (χ0) is 18.9. The van der Waals surface area contributed by atoms with Crippen molar-refractivity contribution in [1.29, 1.82) is 0 Å². The summed E-state index contributed by atoms with van der Waals surface area (Å²) in [5, 5.41) is 2.73. The highest BCUT2D eigenvalue weighted by Crippen LogP contribution is 2.18. The number of nitrogens with one attached hydrogen (secondary N) is 1. The van der Waals surface area contributed by atoms with Gasteiger partial charge < -0.3 is 14.8 Å². The summed E-state index contributed by atoms with van der Waals surface area (Å²) >= 11 is 0. The van der Waals surface area contributed by atoms with Crippen molar-refractivity contribution in [3.63, 3.8) is 0 Å². The standard InChI is InChI=1S/C22H20FNO3/c23-19-8-6-18(7-9-19)22(25)24-14-15-26-20-10-12-21(13-11-20)27-16-17-4-2-1-3-5-17/h1-13H,14-16H2,(H,24,25). The van der Waals surface area contributed by atoms with E-state index in [9.17, 15) is 9.18 Å². The Balaban J connectivity index is 1.38. The number of carbonyl (C=O) groups excluding carboxylic acids is 1. The predicted molar refractivity (Wildman–Crippen MR) is 101 cm³/mol. The van der Waals surface area contributed by atoms with Crippen LogP contribution in [0.2, 0.25) is 0 Å². The fraction of sp³-hybridized carbons (Fsp3) is 0.136. The number of hydrogen-bond donors (Lipinski definition) is 1. The smallest absolute Gasteiger partial charge is 0.251 e. The number of amides is 1. The van der Waals surface area contributed by atoms with Gasteiger partial charge in [-0.2, -0.15) is 0 Å². The van der Waals surface area contributed by atoms with Crippen molar-refractivity contribution < 1.29 is 18.7 Å². The van der Waals surface area contributed by atoms with Crippen LogP contribution in [0.1, 0.15) is 15.9 Å². The lowest BCUT2D eigenvalue weighted by Gasteiger charge is -2.10. The van der Waals surface area contributed by atoms with Crippen molar-refractivity contribution in [3.8, 4) is 11.5 Å². The molecule has 1 amide bonds. The molecule has 0 spiro atoms. The fourth-order valence-corrected chi connectivity index (χ4v) is 2.41. The number of halogens is 1. The molecule has 0 aliphatic rings. The maximum absolute atomic E-state index is 12.8. The van der Waals surface area contributed by atoms with Crippen LogP contribution in [0.15, 0.2) is 78.9 Å². The van der Waals surface area contributed by atoms with Gasteiger partial charge in [0.25, 0.3) is 5.91 Å². The second-order valence-corrected chi connectivity index (χ2v) is 5.86. The van der Waals surface area contributed by atoms with Gasteiger partial charge >= 0.3 is 0 Å². The van der Waals surface area contributed by atoms with Crippen LogP contribution in [-0.4, -0.2) is 19.1 Å². The van der Waals surface area contributed by atoms with Crippen LogP contribution in [-0.2, 0) is 6.61 Å². The van der Waals surface area contributed by atoms with E-state index >= 15 is 0 Å². The highest BCUT2D eigenvalue weighted by atomic mass is 19.1. The largest absolute Gasteiger partial charge is 0.492 e. The van der Waals surface area contributed by atoms with Gasteiger partial charge in [-0.05, 0) is 54.1 Å². The average molecular weight is 365 g/mol. The summed E-state index contributed by atoms with van der Waals surface area (Å²) in [5.74, 6) is 0.822. The Morgan fingerprint density at radius 2 is 1.44 bits per heavy atom. The Morgan fingerprint density at radius 1 is 0.815 bits per heavy atom. The van der Waals surface area contributed by atoms with Gasteiger partial charge in [0.15, 0.2) is 0 Å². The molecule has 0 aliphatic carbocycles. The molecule has 5 heteroatoms. The van der Waals surface area contributed by atoms with Gasteiger partial charge in [-0.25, -0.2) is 4.39 Å². The molecular formula is C22H20FNO3. The van der Waals surface area contributed by atoms with Gasteiger partial charge in [0.2, 0.25) is 0 Å². The molecule has 0 radical (unpaired) electrons.